The molecule has 1 amide bonds. The summed E-state index contributed by atoms with van der Waals surface area (Å²) in [7, 11) is 0. The topological polar surface area (TPSA) is 59.8 Å². The quantitative estimate of drug-likeness (QED) is 0.540. The van der Waals surface area contributed by atoms with Gasteiger partial charge in [-0.15, -0.1) is 0 Å². The average molecular weight is 385 g/mol. The van der Waals surface area contributed by atoms with Crippen molar-refractivity contribution in [2.75, 3.05) is 5.32 Å². The minimum absolute atomic E-state index is 0.216. The largest absolute Gasteiger partial charge is 0.435 e. The van der Waals surface area contributed by atoms with Crippen molar-refractivity contribution in [3.05, 3.63) is 71.0 Å². The van der Waals surface area contributed by atoms with Crippen LogP contribution in [0.5, 0.6) is 0 Å². The zero-order chi connectivity index (χ0) is 18.9. The molecule has 0 radical (unpaired) electrons. The van der Waals surface area contributed by atoms with Gasteiger partial charge in [0.2, 0.25) is 5.95 Å². The van der Waals surface area contributed by atoms with Crippen LogP contribution in [0, 0.1) is 5.95 Å². The summed E-state index contributed by atoms with van der Waals surface area (Å²) in [6.07, 6.45) is -3.40. The van der Waals surface area contributed by atoms with E-state index in [-0.39, 0.29) is 16.4 Å². The van der Waals surface area contributed by atoms with Crippen molar-refractivity contribution in [3.8, 4) is 5.69 Å². The van der Waals surface area contributed by atoms with Crippen LogP contribution < -0.4 is 5.32 Å². The van der Waals surface area contributed by atoms with Gasteiger partial charge in [-0.2, -0.15) is 22.7 Å². The first kappa shape index (κ1) is 17.9. The average Bonchev–Trinajstić information content (AvgIpc) is 2.98. The van der Waals surface area contributed by atoms with Crippen molar-refractivity contribution in [1.82, 2.24) is 14.8 Å². The van der Waals surface area contributed by atoms with E-state index < -0.39 is 23.7 Å². The van der Waals surface area contributed by atoms with E-state index in [1.807, 2.05) is 0 Å². The molecule has 0 spiro atoms. The third kappa shape index (κ3) is 3.67. The number of benzene rings is 1. The fraction of sp³-hybridized carbons (Fsp3) is 0.0625. The van der Waals surface area contributed by atoms with Crippen molar-refractivity contribution in [1.29, 1.82) is 0 Å². The maximum atomic E-state index is 13.5. The molecular weight excluding hydrogens is 376 g/mol. The molecule has 0 saturated carbocycles. The summed E-state index contributed by atoms with van der Waals surface area (Å²) in [6, 6.07) is 9.07. The number of hydrogen-bond acceptors (Lipinski definition) is 3. The highest BCUT2D eigenvalue weighted by Gasteiger charge is 2.34. The summed E-state index contributed by atoms with van der Waals surface area (Å²) in [6.45, 7) is 0. The Hall–Kier alpha value is -2.94. The van der Waals surface area contributed by atoms with Crippen molar-refractivity contribution >= 4 is 23.2 Å². The van der Waals surface area contributed by atoms with Crippen LogP contribution in [0.25, 0.3) is 5.69 Å². The van der Waals surface area contributed by atoms with Gasteiger partial charge in [-0.3, -0.25) is 4.79 Å². The summed E-state index contributed by atoms with van der Waals surface area (Å²) >= 11 is 5.79. The molecule has 0 aliphatic heterocycles. The SMILES string of the molecule is O=C(Nc1ccc(-n2nc(C(F)(F)F)cc2Cl)cc1)c1cccnc1F. The second-order valence-corrected chi connectivity index (χ2v) is 5.49. The highest BCUT2D eigenvalue weighted by atomic mass is 35.5. The summed E-state index contributed by atoms with van der Waals surface area (Å²) in [5, 5.41) is 5.66. The second-order valence-electron chi connectivity index (χ2n) is 5.10. The minimum atomic E-state index is -4.61. The number of anilines is 1. The second kappa shape index (κ2) is 6.75. The molecule has 3 aromatic rings. The molecule has 0 aliphatic rings. The molecule has 0 unspecified atom stereocenters. The number of rotatable bonds is 3. The maximum absolute atomic E-state index is 13.5. The predicted molar refractivity (Wildman–Crippen MR) is 85.7 cm³/mol. The maximum Gasteiger partial charge on any atom is 0.435 e. The lowest BCUT2D eigenvalue weighted by Gasteiger charge is -2.08. The summed E-state index contributed by atoms with van der Waals surface area (Å²) < 4.78 is 52.4. The van der Waals surface area contributed by atoms with E-state index in [0.29, 0.717) is 11.8 Å². The molecule has 10 heteroatoms. The van der Waals surface area contributed by atoms with Crippen LogP contribution in [0.1, 0.15) is 16.1 Å². The molecular formula is C16H9ClF4N4O. The number of pyridine rings is 1. The van der Waals surface area contributed by atoms with Gasteiger partial charge in [-0.05, 0) is 36.4 Å². The van der Waals surface area contributed by atoms with Gasteiger partial charge >= 0.3 is 6.18 Å². The molecule has 0 saturated heterocycles. The Morgan fingerprint density at radius 1 is 1.15 bits per heavy atom. The lowest BCUT2D eigenvalue weighted by atomic mass is 10.2. The lowest BCUT2D eigenvalue weighted by molar-refractivity contribution is -0.141. The van der Waals surface area contributed by atoms with Crippen molar-refractivity contribution < 1.29 is 22.4 Å². The molecule has 134 valence electrons. The first-order valence-corrected chi connectivity index (χ1v) is 7.48. The molecule has 26 heavy (non-hydrogen) atoms. The van der Waals surface area contributed by atoms with Crippen molar-refractivity contribution in [2.24, 2.45) is 0 Å². The van der Waals surface area contributed by atoms with Crippen LogP contribution in [-0.2, 0) is 6.18 Å². The number of hydrogen-bond donors (Lipinski definition) is 1. The number of amides is 1. The van der Waals surface area contributed by atoms with Gasteiger partial charge in [0.05, 0.1) is 11.3 Å². The first-order valence-electron chi connectivity index (χ1n) is 7.11. The summed E-state index contributed by atoms with van der Waals surface area (Å²) in [5.74, 6) is -1.62. The number of halogens is 5. The van der Waals surface area contributed by atoms with E-state index in [1.165, 1.54) is 42.6 Å². The fourth-order valence-electron chi connectivity index (χ4n) is 2.12. The Kier molecular flexibility index (Phi) is 4.64. The zero-order valence-electron chi connectivity index (χ0n) is 12.8. The van der Waals surface area contributed by atoms with Gasteiger partial charge < -0.3 is 5.32 Å². The minimum Gasteiger partial charge on any atom is -0.322 e. The van der Waals surface area contributed by atoms with Gasteiger partial charge in [0, 0.05) is 18.0 Å². The van der Waals surface area contributed by atoms with Gasteiger partial charge in [-0.25, -0.2) is 9.67 Å². The summed E-state index contributed by atoms with van der Waals surface area (Å²) in [4.78, 5) is 15.4. The Morgan fingerprint density at radius 2 is 1.85 bits per heavy atom. The molecule has 0 aliphatic carbocycles. The first-order chi connectivity index (χ1) is 12.3. The van der Waals surface area contributed by atoms with Gasteiger partial charge in [0.1, 0.15) is 5.15 Å². The smallest absolute Gasteiger partial charge is 0.322 e. The standard InChI is InChI=1S/C16H9ClF4N4O/c17-13-8-12(16(19,20)21)24-25(13)10-5-3-9(4-6-10)23-15(26)11-2-1-7-22-14(11)18/h1-8H,(H,23,26). The van der Waals surface area contributed by atoms with Crippen LogP contribution in [0.3, 0.4) is 0 Å². The number of alkyl halides is 3. The van der Waals surface area contributed by atoms with E-state index in [0.717, 1.165) is 4.68 Å². The molecule has 5 nitrogen and oxygen atoms in total. The Labute approximate surface area is 149 Å². The van der Waals surface area contributed by atoms with Crippen LogP contribution in [0.4, 0.5) is 23.2 Å². The van der Waals surface area contributed by atoms with E-state index in [1.54, 1.807) is 0 Å². The highest BCUT2D eigenvalue weighted by Crippen LogP contribution is 2.31. The van der Waals surface area contributed by atoms with Crippen molar-refractivity contribution in [3.63, 3.8) is 0 Å². The number of nitrogens with one attached hydrogen (secondary N) is 1. The Morgan fingerprint density at radius 3 is 2.42 bits per heavy atom. The highest BCUT2D eigenvalue weighted by molar-refractivity contribution is 6.29. The molecule has 0 bridgehead atoms. The Balaban J connectivity index is 1.80. The summed E-state index contributed by atoms with van der Waals surface area (Å²) in [5.41, 5.74) is -0.786. The molecule has 0 fully saturated rings. The van der Waals surface area contributed by atoms with Gasteiger partial charge in [0.15, 0.2) is 5.69 Å². The molecule has 0 atom stereocenters. The fourth-order valence-corrected chi connectivity index (χ4v) is 2.36. The molecule has 2 aromatic heterocycles. The lowest BCUT2D eigenvalue weighted by Crippen LogP contribution is -2.14. The number of aromatic nitrogens is 3. The van der Waals surface area contributed by atoms with E-state index in [2.05, 4.69) is 15.4 Å². The number of nitrogens with zero attached hydrogens (tertiary/aromatic N) is 3. The zero-order valence-corrected chi connectivity index (χ0v) is 13.5. The molecule has 2 heterocycles. The third-order valence-electron chi connectivity index (χ3n) is 3.33. The van der Waals surface area contributed by atoms with Crippen molar-refractivity contribution in [2.45, 2.75) is 6.18 Å². The molecule has 1 aromatic carbocycles. The monoisotopic (exact) mass is 384 g/mol. The molecule has 1 N–H and O–H groups in total. The van der Waals surface area contributed by atoms with E-state index >= 15 is 0 Å². The normalized spacial score (nSPS) is 11.4. The molecule has 3 rings (SSSR count). The Bertz CT molecular complexity index is 954. The van der Waals surface area contributed by atoms with E-state index in [4.69, 9.17) is 11.6 Å². The van der Waals surface area contributed by atoms with Crippen LogP contribution in [0.2, 0.25) is 5.15 Å². The van der Waals surface area contributed by atoms with E-state index in [9.17, 15) is 22.4 Å². The van der Waals surface area contributed by atoms with Gasteiger partial charge in [0.25, 0.3) is 5.91 Å². The van der Waals surface area contributed by atoms with Gasteiger partial charge in [-0.1, -0.05) is 11.6 Å². The number of carbonyl (C=O) groups is 1. The predicted octanol–water partition coefficient (Wildman–Crippen LogP) is 4.33. The number of carbonyl (C=O) groups excluding carboxylic acids is 1. The third-order valence-corrected chi connectivity index (χ3v) is 3.60. The van der Waals surface area contributed by atoms with Crippen LogP contribution >= 0.6 is 11.6 Å². The van der Waals surface area contributed by atoms with Crippen LogP contribution in [0.15, 0.2) is 48.7 Å². The van der Waals surface area contributed by atoms with Crippen LogP contribution in [-0.4, -0.2) is 20.7 Å².